The number of hydrogen-bond donors (Lipinski definition) is 1. The number of benzene rings is 1. The number of para-hydroxylation sites is 1. The van der Waals surface area contributed by atoms with Gasteiger partial charge in [-0.25, -0.2) is 4.98 Å². The number of nitrogens with zero attached hydrogens (tertiary/aromatic N) is 2. The fourth-order valence-electron chi connectivity index (χ4n) is 1.58. The van der Waals surface area contributed by atoms with Crippen LogP contribution >= 0.6 is 11.8 Å². The van der Waals surface area contributed by atoms with Crippen LogP contribution in [-0.4, -0.2) is 16.6 Å². The van der Waals surface area contributed by atoms with Crippen LogP contribution in [0.1, 0.15) is 11.3 Å². The molecule has 2 rings (SSSR count). The molecule has 0 aliphatic carbocycles. The molecule has 0 radical (unpaired) electrons. The number of pyridine rings is 1. The van der Waals surface area contributed by atoms with E-state index in [1.807, 2.05) is 37.3 Å². The van der Waals surface area contributed by atoms with Crippen molar-refractivity contribution in [1.29, 1.82) is 5.26 Å². The lowest BCUT2D eigenvalue weighted by molar-refractivity contribution is -0.113. The third kappa shape index (κ3) is 3.84. The average molecular weight is 283 g/mol. The standard InChI is InChI=1S/C15H13N3OS/c1-11-7-8-12(9-16)15(17-11)20-10-14(19)18-13-5-3-2-4-6-13/h2-8H,10H2,1H3,(H,18,19). The molecular formula is C15H13N3OS. The average Bonchev–Trinajstić information content (AvgIpc) is 2.46. The highest BCUT2D eigenvalue weighted by Crippen LogP contribution is 2.20. The number of carbonyl (C=O) groups is 1. The Morgan fingerprint density at radius 1 is 1.30 bits per heavy atom. The molecule has 1 N–H and O–H groups in total. The van der Waals surface area contributed by atoms with Crippen molar-refractivity contribution in [3.05, 3.63) is 53.7 Å². The van der Waals surface area contributed by atoms with E-state index in [0.717, 1.165) is 11.4 Å². The smallest absolute Gasteiger partial charge is 0.234 e. The highest BCUT2D eigenvalue weighted by molar-refractivity contribution is 8.00. The summed E-state index contributed by atoms with van der Waals surface area (Å²) >= 11 is 1.27. The Kier molecular flexibility index (Phi) is 4.75. The van der Waals surface area contributed by atoms with E-state index in [2.05, 4.69) is 16.4 Å². The molecule has 4 nitrogen and oxygen atoms in total. The maximum atomic E-state index is 11.8. The summed E-state index contributed by atoms with van der Waals surface area (Å²) in [4.78, 5) is 16.1. The van der Waals surface area contributed by atoms with Crippen molar-refractivity contribution in [2.75, 3.05) is 11.1 Å². The van der Waals surface area contributed by atoms with Crippen molar-refractivity contribution in [2.45, 2.75) is 11.9 Å². The number of rotatable bonds is 4. The van der Waals surface area contributed by atoms with Crippen LogP contribution in [0.25, 0.3) is 0 Å². The molecule has 0 aliphatic heterocycles. The summed E-state index contributed by atoms with van der Waals surface area (Å²) in [5.41, 5.74) is 2.08. The highest BCUT2D eigenvalue weighted by atomic mass is 32.2. The Hall–Kier alpha value is -2.32. The van der Waals surface area contributed by atoms with E-state index >= 15 is 0 Å². The number of thioether (sulfide) groups is 1. The largest absolute Gasteiger partial charge is 0.325 e. The third-order valence-corrected chi connectivity index (χ3v) is 3.51. The maximum Gasteiger partial charge on any atom is 0.234 e. The molecule has 1 heterocycles. The summed E-state index contributed by atoms with van der Waals surface area (Å²) in [5.74, 6) is 0.105. The van der Waals surface area contributed by atoms with Crippen molar-refractivity contribution >= 4 is 23.4 Å². The van der Waals surface area contributed by atoms with Crippen molar-refractivity contribution < 1.29 is 4.79 Å². The van der Waals surface area contributed by atoms with Crippen LogP contribution in [0.4, 0.5) is 5.69 Å². The first kappa shape index (κ1) is 14.1. The zero-order valence-corrected chi connectivity index (χ0v) is 11.8. The van der Waals surface area contributed by atoms with Crippen LogP contribution in [0.3, 0.4) is 0 Å². The van der Waals surface area contributed by atoms with Crippen LogP contribution in [-0.2, 0) is 4.79 Å². The maximum absolute atomic E-state index is 11.8. The fraction of sp³-hybridized carbons (Fsp3) is 0.133. The normalized spacial score (nSPS) is 9.80. The number of nitriles is 1. The van der Waals surface area contributed by atoms with Gasteiger partial charge in [0, 0.05) is 11.4 Å². The molecule has 2 aromatic rings. The quantitative estimate of drug-likeness (QED) is 0.876. The van der Waals surface area contributed by atoms with Crippen LogP contribution < -0.4 is 5.32 Å². The van der Waals surface area contributed by atoms with Gasteiger partial charge in [-0.15, -0.1) is 0 Å². The van der Waals surface area contributed by atoms with Gasteiger partial charge in [-0.2, -0.15) is 5.26 Å². The summed E-state index contributed by atoms with van der Waals surface area (Å²) in [6.45, 7) is 1.86. The lowest BCUT2D eigenvalue weighted by atomic mass is 10.3. The molecule has 1 amide bonds. The molecule has 0 bridgehead atoms. The van der Waals surface area contributed by atoms with Crippen molar-refractivity contribution in [1.82, 2.24) is 4.98 Å². The van der Waals surface area contributed by atoms with Gasteiger partial charge in [-0.1, -0.05) is 30.0 Å². The minimum absolute atomic E-state index is 0.117. The molecule has 0 aliphatic rings. The molecule has 0 saturated carbocycles. The van der Waals surface area contributed by atoms with Crippen molar-refractivity contribution in [2.24, 2.45) is 0 Å². The number of nitrogens with one attached hydrogen (secondary N) is 1. The van der Waals surface area contributed by atoms with Gasteiger partial charge in [0.25, 0.3) is 0 Å². The number of hydrogen-bond acceptors (Lipinski definition) is 4. The molecule has 20 heavy (non-hydrogen) atoms. The number of amides is 1. The summed E-state index contributed by atoms with van der Waals surface area (Å²) in [5, 5.41) is 12.4. The van der Waals surface area contributed by atoms with Crippen LogP contribution in [0.2, 0.25) is 0 Å². The summed E-state index contributed by atoms with van der Waals surface area (Å²) in [6, 6.07) is 14.9. The van der Waals surface area contributed by atoms with Crippen molar-refractivity contribution in [3.63, 3.8) is 0 Å². The van der Waals surface area contributed by atoms with Gasteiger partial charge in [-0.05, 0) is 31.2 Å². The van der Waals surface area contributed by atoms with E-state index in [9.17, 15) is 4.79 Å². The topological polar surface area (TPSA) is 65.8 Å². The van der Waals surface area contributed by atoms with E-state index in [0.29, 0.717) is 10.6 Å². The molecule has 0 atom stereocenters. The first-order chi connectivity index (χ1) is 9.69. The Bertz CT molecular complexity index is 650. The zero-order valence-electron chi connectivity index (χ0n) is 11.0. The Labute approximate surface area is 121 Å². The van der Waals surface area contributed by atoms with Gasteiger partial charge >= 0.3 is 0 Å². The number of carbonyl (C=O) groups excluding carboxylic acids is 1. The second-order valence-electron chi connectivity index (χ2n) is 4.12. The Morgan fingerprint density at radius 2 is 2.05 bits per heavy atom. The monoisotopic (exact) mass is 283 g/mol. The molecule has 0 fully saturated rings. The first-order valence-corrected chi connectivity index (χ1v) is 7.03. The molecule has 0 unspecified atom stereocenters. The first-order valence-electron chi connectivity index (χ1n) is 6.04. The van der Waals surface area contributed by atoms with Gasteiger partial charge in [0.1, 0.15) is 11.1 Å². The molecule has 0 saturated heterocycles. The van der Waals surface area contributed by atoms with Crippen LogP contribution in [0.15, 0.2) is 47.5 Å². The third-order valence-electron chi connectivity index (χ3n) is 2.52. The van der Waals surface area contributed by atoms with Crippen molar-refractivity contribution in [3.8, 4) is 6.07 Å². The summed E-state index contributed by atoms with van der Waals surface area (Å²) in [6.07, 6.45) is 0. The Morgan fingerprint density at radius 3 is 2.75 bits per heavy atom. The lowest BCUT2D eigenvalue weighted by Gasteiger charge is -2.06. The van der Waals surface area contributed by atoms with E-state index in [1.54, 1.807) is 12.1 Å². The summed E-state index contributed by atoms with van der Waals surface area (Å²) in [7, 11) is 0. The number of aryl methyl sites for hydroxylation is 1. The highest BCUT2D eigenvalue weighted by Gasteiger charge is 2.08. The SMILES string of the molecule is Cc1ccc(C#N)c(SCC(=O)Nc2ccccc2)n1. The van der Waals surface area contributed by atoms with Gasteiger partial charge in [0.05, 0.1) is 11.3 Å². The fourth-order valence-corrected chi connectivity index (χ4v) is 2.40. The zero-order chi connectivity index (χ0) is 14.4. The van der Waals surface area contributed by atoms with Crippen LogP contribution in [0, 0.1) is 18.3 Å². The minimum Gasteiger partial charge on any atom is -0.325 e. The van der Waals surface area contributed by atoms with Crippen LogP contribution in [0.5, 0.6) is 0 Å². The van der Waals surface area contributed by atoms with E-state index in [4.69, 9.17) is 5.26 Å². The minimum atomic E-state index is -0.117. The predicted octanol–water partition coefficient (Wildman–Crippen LogP) is 2.99. The number of anilines is 1. The molecular weight excluding hydrogens is 270 g/mol. The van der Waals surface area contributed by atoms with E-state index < -0.39 is 0 Å². The second-order valence-corrected chi connectivity index (χ2v) is 5.08. The molecule has 5 heteroatoms. The van der Waals surface area contributed by atoms with E-state index in [1.165, 1.54) is 11.8 Å². The van der Waals surface area contributed by atoms with Gasteiger partial charge in [0.2, 0.25) is 5.91 Å². The van der Waals surface area contributed by atoms with E-state index in [-0.39, 0.29) is 11.7 Å². The summed E-state index contributed by atoms with van der Waals surface area (Å²) < 4.78 is 0. The van der Waals surface area contributed by atoms with Gasteiger partial charge in [-0.3, -0.25) is 4.79 Å². The van der Waals surface area contributed by atoms with Gasteiger partial charge in [0.15, 0.2) is 0 Å². The number of aromatic nitrogens is 1. The lowest BCUT2D eigenvalue weighted by Crippen LogP contribution is -2.14. The molecule has 0 spiro atoms. The Balaban J connectivity index is 1.97. The van der Waals surface area contributed by atoms with Gasteiger partial charge < -0.3 is 5.32 Å². The molecule has 1 aromatic carbocycles. The predicted molar refractivity (Wildman–Crippen MR) is 79.5 cm³/mol. The molecule has 100 valence electrons. The second kappa shape index (κ2) is 6.73. The molecule has 1 aromatic heterocycles.